The quantitative estimate of drug-likeness (QED) is 0.597. The Morgan fingerprint density at radius 3 is 2.38 bits per heavy atom. The second-order valence-corrected chi connectivity index (χ2v) is 6.94. The van der Waals surface area contributed by atoms with Crippen molar-refractivity contribution in [1.29, 1.82) is 0 Å². The number of nitrogens with one attached hydrogen (secondary N) is 1. The highest BCUT2D eigenvalue weighted by Gasteiger charge is 2.30. The molecule has 1 saturated carbocycles. The Bertz CT molecular complexity index is 948. The Kier molecular flexibility index (Phi) is 4.27. The van der Waals surface area contributed by atoms with Crippen LogP contribution >= 0.6 is 11.6 Å². The smallest absolute Gasteiger partial charge is 0.367 e. The van der Waals surface area contributed by atoms with Crippen LogP contribution in [0.4, 0.5) is 19.0 Å². The first kappa shape index (κ1) is 17.2. The van der Waals surface area contributed by atoms with Crippen molar-refractivity contribution < 1.29 is 13.2 Å². The number of para-hydroxylation sites is 1. The molecule has 0 atom stereocenters. The minimum Gasteiger partial charge on any atom is -0.367 e. The molecule has 2 nitrogen and oxygen atoms in total. The van der Waals surface area contributed by atoms with Crippen LogP contribution in [0.3, 0.4) is 0 Å². The molecule has 0 amide bonds. The van der Waals surface area contributed by atoms with Gasteiger partial charge in [0.05, 0.1) is 16.1 Å². The van der Waals surface area contributed by atoms with Crippen molar-refractivity contribution in [2.75, 3.05) is 5.32 Å². The molecule has 1 aliphatic rings. The van der Waals surface area contributed by atoms with Crippen molar-refractivity contribution >= 4 is 28.3 Å². The number of benzene rings is 2. The van der Waals surface area contributed by atoms with Gasteiger partial charge in [0.15, 0.2) is 0 Å². The first-order chi connectivity index (χ1) is 12.4. The Labute approximate surface area is 154 Å². The average molecular weight is 377 g/mol. The van der Waals surface area contributed by atoms with Gasteiger partial charge in [0.2, 0.25) is 0 Å². The number of rotatable bonds is 4. The highest BCUT2D eigenvalue weighted by Crippen LogP contribution is 2.36. The summed E-state index contributed by atoms with van der Waals surface area (Å²) in [5, 5.41) is 4.84. The molecule has 0 radical (unpaired) electrons. The van der Waals surface area contributed by atoms with Gasteiger partial charge in [-0.2, -0.15) is 13.2 Å². The molecular weight excluding hydrogens is 361 g/mol. The molecular formula is C20H16ClF3N2. The number of alkyl halides is 3. The molecule has 1 N–H and O–H groups in total. The van der Waals surface area contributed by atoms with Gasteiger partial charge in [-0.15, -0.1) is 0 Å². The lowest BCUT2D eigenvalue weighted by Gasteiger charge is -2.15. The van der Waals surface area contributed by atoms with Crippen LogP contribution in [0, 0.1) is 0 Å². The summed E-state index contributed by atoms with van der Waals surface area (Å²) in [4.78, 5) is 4.69. The van der Waals surface area contributed by atoms with Gasteiger partial charge >= 0.3 is 6.18 Å². The van der Waals surface area contributed by atoms with E-state index in [2.05, 4.69) is 5.32 Å². The number of anilines is 1. The number of fused-ring (bicyclic) bond motifs is 1. The molecule has 1 aliphatic carbocycles. The van der Waals surface area contributed by atoms with Crippen LogP contribution in [0.15, 0.2) is 48.5 Å². The molecule has 0 spiro atoms. The molecule has 4 rings (SSSR count). The van der Waals surface area contributed by atoms with Crippen LogP contribution in [-0.4, -0.2) is 11.0 Å². The zero-order valence-corrected chi connectivity index (χ0v) is 14.5. The van der Waals surface area contributed by atoms with Gasteiger partial charge in [-0.3, -0.25) is 0 Å². The third-order valence-corrected chi connectivity index (χ3v) is 4.94. The minimum absolute atomic E-state index is 0.395. The van der Waals surface area contributed by atoms with Crippen LogP contribution in [-0.2, 0) is 12.6 Å². The first-order valence-corrected chi connectivity index (χ1v) is 8.79. The third-order valence-electron chi connectivity index (χ3n) is 4.50. The molecule has 6 heteroatoms. The Morgan fingerprint density at radius 2 is 1.73 bits per heavy atom. The summed E-state index contributed by atoms with van der Waals surface area (Å²) >= 11 is 6.64. The van der Waals surface area contributed by atoms with Crippen LogP contribution in [0.1, 0.15) is 29.5 Å². The summed E-state index contributed by atoms with van der Waals surface area (Å²) in [5.74, 6) is 0.719. The largest absolute Gasteiger partial charge is 0.416 e. The Hall–Kier alpha value is -2.27. The van der Waals surface area contributed by atoms with Crippen LogP contribution in [0.5, 0.6) is 0 Å². The SMILES string of the molecule is FC(F)(F)c1ccc(Cc2c(NC3CC3)nc3ccccc3c2Cl)cc1. The molecule has 0 aliphatic heterocycles. The van der Waals surface area contributed by atoms with E-state index in [1.165, 1.54) is 12.1 Å². The van der Waals surface area contributed by atoms with E-state index in [1.54, 1.807) is 0 Å². The fourth-order valence-corrected chi connectivity index (χ4v) is 3.24. The second kappa shape index (κ2) is 6.47. The molecule has 0 unspecified atom stereocenters. The molecule has 1 aromatic heterocycles. The first-order valence-electron chi connectivity index (χ1n) is 8.41. The standard InChI is InChI=1S/C20H16ClF3N2/c21-18-15-3-1-2-4-17(15)26-19(25-14-9-10-14)16(18)11-12-5-7-13(8-6-12)20(22,23)24/h1-8,14H,9-11H2,(H,25,26). The fourth-order valence-electron chi connectivity index (χ4n) is 2.93. The zero-order chi connectivity index (χ0) is 18.3. The number of nitrogens with zero attached hydrogens (tertiary/aromatic N) is 1. The molecule has 0 saturated heterocycles. The fraction of sp³-hybridized carbons (Fsp3) is 0.250. The summed E-state index contributed by atoms with van der Waals surface area (Å²) in [6.45, 7) is 0. The lowest BCUT2D eigenvalue weighted by Crippen LogP contribution is -2.08. The van der Waals surface area contributed by atoms with Crippen molar-refractivity contribution in [2.24, 2.45) is 0 Å². The Balaban J connectivity index is 1.73. The zero-order valence-electron chi connectivity index (χ0n) is 13.8. The normalized spacial score (nSPS) is 14.6. The number of aromatic nitrogens is 1. The predicted molar refractivity (Wildman–Crippen MR) is 97.6 cm³/mol. The summed E-state index contributed by atoms with van der Waals surface area (Å²) in [6.07, 6.45) is -1.74. The summed E-state index contributed by atoms with van der Waals surface area (Å²) in [7, 11) is 0. The summed E-state index contributed by atoms with van der Waals surface area (Å²) < 4.78 is 38.3. The monoisotopic (exact) mass is 376 g/mol. The van der Waals surface area contributed by atoms with Crippen molar-refractivity contribution in [3.63, 3.8) is 0 Å². The van der Waals surface area contributed by atoms with E-state index < -0.39 is 11.7 Å². The van der Waals surface area contributed by atoms with Gasteiger partial charge in [0.1, 0.15) is 5.82 Å². The van der Waals surface area contributed by atoms with Gasteiger partial charge in [0.25, 0.3) is 0 Å². The van der Waals surface area contributed by atoms with Gasteiger partial charge in [-0.1, -0.05) is 41.9 Å². The predicted octanol–water partition coefficient (Wildman–Crippen LogP) is 6.07. The highest BCUT2D eigenvalue weighted by molar-refractivity contribution is 6.36. The van der Waals surface area contributed by atoms with Crippen molar-refractivity contribution in [3.8, 4) is 0 Å². The van der Waals surface area contributed by atoms with E-state index >= 15 is 0 Å². The van der Waals surface area contributed by atoms with E-state index in [4.69, 9.17) is 16.6 Å². The van der Waals surface area contributed by atoms with Crippen LogP contribution in [0.2, 0.25) is 5.02 Å². The van der Waals surface area contributed by atoms with Gasteiger partial charge in [0, 0.05) is 23.4 Å². The molecule has 1 heterocycles. The Morgan fingerprint density at radius 1 is 1.04 bits per heavy atom. The van der Waals surface area contributed by atoms with E-state index in [9.17, 15) is 13.2 Å². The molecule has 3 aromatic rings. The second-order valence-electron chi connectivity index (χ2n) is 6.56. The van der Waals surface area contributed by atoms with Crippen molar-refractivity contribution in [3.05, 3.63) is 70.2 Å². The van der Waals surface area contributed by atoms with Gasteiger partial charge < -0.3 is 5.32 Å². The number of hydrogen-bond donors (Lipinski definition) is 1. The molecule has 0 bridgehead atoms. The maximum Gasteiger partial charge on any atom is 0.416 e. The van der Waals surface area contributed by atoms with Crippen molar-refractivity contribution in [2.45, 2.75) is 31.5 Å². The van der Waals surface area contributed by atoms with Gasteiger partial charge in [-0.25, -0.2) is 4.98 Å². The maximum absolute atomic E-state index is 12.8. The highest BCUT2D eigenvalue weighted by atomic mass is 35.5. The number of pyridine rings is 1. The molecule has 2 aromatic carbocycles. The molecule has 1 fully saturated rings. The topological polar surface area (TPSA) is 24.9 Å². The van der Waals surface area contributed by atoms with E-state index in [1.807, 2.05) is 24.3 Å². The van der Waals surface area contributed by atoms with Crippen LogP contribution < -0.4 is 5.32 Å². The number of halogens is 4. The summed E-state index contributed by atoms with van der Waals surface area (Å²) in [5.41, 5.74) is 1.73. The molecule has 134 valence electrons. The summed E-state index contributed by atoms with van der Waals surface area (Å²) in [6, 6.07) is 13.2. The maximum atomic E-state index is 12.8. The van der Waals surface area contributed by atoms with Gasteiger partial charge in [-0.05, 0) is 36.6 Å². The third kappa shape index (κ3) is 3.49. The van der Waals surface area contributed by atoms with E-state index in [0.717, 1.165) is 52.8 Å². The average Bonchev–Trinajstić information content (AvgIpc) is 3.42. The van der Waals surface area contributed by atoms with E-state index in [0.29, 0.717) is 17.5 Å². The number of hydrogen-bond acceptors (Lipinski definition) is 2. The minimum atomic E-state index is -4.33. The van der Waals surface area contributed by atoms with E-state index in [-0.39, 0.29) is 0 Å². The molecule has 26 heavy (non-hydrogen) atoms. The lowest BCUT2D eigenvalue weighted by atomic mass is 10.0. The lowest BCUT2D eigenvalue weighted by molar-refractivity contribution is -0.137. The van der Waals surface area contributed by atoms with Crippen molar-refractivity contribution in [1.82, 2.24) is 4.98 Å². The van der Waals surface area contributed by atoms with Crippen LogP contribution in [0.25, 0.3) is 10.9 Å².